The number of hydrogen-bond acceptors (Lipinski definition) is 7. The van der Waals surface area contributed by atoms with Crippen molar-refractivity contribution in [3.8, 4) is 0 Å². The van der Waals surface area contributed by atoms with Crippen LogP contribution >= 0.6 is 27.3 Å². The Kier molecular flexibility index (Phi) is 5.29. The number of nitrogens with two attached hydrogens (primary N) is 1. The highest BCUT2D eigenvalue weighted by Gasteiger charge is 2.18. The molecule has 0 saturated heterocycles. The van der Waals surface area contributed by atoms with E-state index in [1.165, 1.54) is 11.3 Å². The van der Waals surface area contributed by atoms with E-state index in [0.29, 0.717) is 10.8 Å². The first-order valence-corrected chi connectivity index (χ1v) is 7.75. The van der Waals surface area contributed by atoms with Crippen molar-refractivity contribution in [2.24, 2.45) is 5.10 Å². The van der Waals surface area contributed by atoms with Crippen molar-refractivity contribution < 1.29 is 9.53 Å². The quantitative estimate of drug-likeness (QED) is 0.481. The summed E-state index contributed by atoms with van der Waals surface area (Å²) >= 11 is 4.58. The molecule has 0 unspecified atom stereocenters. The number of aromatic nitrogens is 1. The summed E-state index contributed by atoms with van der Waals surface area (Å²) in [6, 6.07) is 7.38. The van der Waals surface area contributed by atoms with Gasteiger partial charge in [0.2, 0.25) is 0 Å². The van der Waals surface area contributed by atoms with E-state index in [1.54, 1.807) is 12.3 Å². The highest BCUT2D eigenvalue weighted by atomic mass is 79.9. The molecule has 21 heavy (non-hydrogen) atoms. The molecule has 0 bridgehead atoms. The Hall–Kier alpha value is -1.93. The lowest BCUT2D eigenvalue weighted by Gasteiger charge is -2.05. The van der Waals surface area contributed by atoms with Crippen LogP contribution in [0.4, 0.5) is 10.8 Å². The van der Waals surface area contributed by atoms with Gasteiger partial charge < -0.3 is 10.5 Å². The minimum Gasteiger partial charge on any atom is -0.461 e. The number of nitrogen functional groups attached to an aromatic ring is 1. The molecule has 3 N–H and O–H groups in total. The molecule has 1 aromatic heterocycles. The lowest BCUT2D eigenvalue weighted by atomic mass is 10.3. The molecule has 0 atom stereocenters. The Bertz CT molecular complexity index is 654. The third-order valence-corrected chi connectivity index (χ3v) is 3.58. The number of hydrazone groups is 1. The first kappa shape index (κ1) is 15.5. The van der Waals surface area contributed by atoms with Gasteiger partial charge in [0, 0.05) is 9.85 Å². The van der Waals surface area contributed by atoms with Crippen LogP contribution in [0.25, 0.3) is 0 Å². The van der Waals surface area contributed by atoms with E-state index in [1.807, 2.05) is 24.3 Å². The summed E-state index contributed by atoms with van der Waals surface area (Å²) in [5.74, 6) is -0.549. The molecular weight excluding hydrogens is 356 g/mol. The standard InChI is InChI=1S/C13H13BrN4O2S/c1-2-20-12(19)11(10-7-21-13(15)16-10)18-17-9-5-3-8(14)4-6-9/h3-7,17H,2H2,1H3,(H2,15,16)/b18-11+. The first-order chi connectivity index (χ1) is 10.1. The van der Waals surface area contributed by atoms with Crippen LogP contribution in [0.5, 0.6) is 0 Å². The molecule has 0 amide bonds. The minimum atomic E-state index is -0.549. The van der Waals surface area contributed by atoms with Gasteiger partial charge in [-0.2, -0.15) is 5.10 Å². The normalized spacial score (nSPS) is 11.2. The number of nitrogens with zero attached hydrogens (tertiary/aromatic N) is 2. The van der Waals surface area contributed by atoms with Crippen LogP contribution in [-0.4, -0.2) is 23.3 Å². The maximum Gasteiger partial charge on any atom is 0.361 e. The lowest BCUT2D eigenvalue weighted by Crippen LogP contribution is -2.20. The van der Waals surface area contributed by atoms with Gasteiger partial charge in [-0.05, 0) is 31.2 Å². The Balaban J connectivity index is 2.24. The molecule has 0 spiro atoms. The van der Waals surface area contributed by atoms with Crippen molar-refractivity contribution in [1.29, 1.82) is 0 Å². The summed E-state index contributed by atoms with van der Waals surface area (Å²) in [4.78, 5) is 16.0. The number of benzene rings is 1. The number of carbonyl (C=O) groups excluding carboxylic acids is 1. The van der Waals surface area contributed by atoms with Crippen molar-refractivity contribution in [3.05, 3.63) is 39.8 Å². The van der Waals surface area contributed by atoms with Crippen LogP contribution in [0.1, 0.15) is 12.6 Å². The second-order valence-electron chi connectivity index (χ2n) is 3.87. The third-order valence-electron chi connectivity index (χ3n) is 2.37. The van der Waals surface area contributed by atoms with E-state index >= 15 is 0 Å². The molecule has 0 radical (unpaired) electrons. The van der Waals surface area contributed by atoms with Gasteiger partial charge >= 0.3 is 5.97 Å². The number of thiazole rings is 1. The van der Waals surface area contributed by atoms with Gasteiger partial charge in [0.05, 0.1) is 12.3 Å². The number of hydrogen-bond donors (Lipinski definition) is 2. The fraction of sp³-hybridized carbons (Fsp3) is 0.154. The predicted molar refractivity (Wildman–Crippen MR) is 87.5 cm³/mol. The van der Waals surface area contributed by atoms with Gasteiger partial charge in [-0.1, -0.05) is 15.9 Å². The molecular formula is C13H13BrN4O2S. The molecule has 8 heteroatoms. The molecule has 1 aromatic carbocycles. The van der Waals surface area contributed by atoms with E-state index in [-0.39, 0.29) is 12.3 Å². The molecule has 0 saturated carbocycles. The van der Waals surface area contributed by atoms with Crippen molar-refractivity contribution in [3.63, 3.8) is 0 Å². The lowest BCUT2D eigenvalue weighted by molar-refractivity contribution is -0.134. The molecule has 0 fully saturated rings. The predicted octanol–water partition coefficient (Wildman–Crippen LogP) is 2.87. The van der Waals surface area contributed by atoms with Crippen LogP contribution in [0.2, 0.25) is 0 Å². The smallest absolute Gasteiger partial charge is 0.361 e. The van der Waals surface area contributed by atoms with E-state index in [4.69, 9.17) is 10.5 Å². The zero-order valence-electron chi connectivity index (χ0n) is 11.2. The summed E-state index contributed by atoms with van der Waals surface area (Å²) in [5.41, 5.74) is 9.62. The van der Waals surface area contributed by atoms with Gasteiger partial charge in [0.15, 0.2) is 10.8 Å². The van der Waals surface area contributed by atoms with Gasteiger partial charge in [0.1, 0.15) is 5.69 Å². The van der Waals surface area contributed by atoms with Crippen LogP contribution in [0, 0.1) is 0 Å². The van der Waals surface area contributed by atoms with Crippen LogP contribution in [0.3, 0.4) is 0 Å². The van der Waals surface area contributed by atoms with Crippen LogP contribution < -0.4 is 11.2 Å². The minimum absolute atomic E-state index is 0.0905. The Morgan fingerprint density at radius 3 is 2.76 bits per heavy atom. The maximum atomic E-state index is 12.0. The molecule has 0 aliphatic carbocycles. The molecule has 1 heterocycles. The maximum absolute atomic E-state index is 12.0. The van der Waals surface area contributed by atoms with Crippen molar-refractivity contribution >= 4 is 49.8 Å². The Morgan fingerprint density at radius 1 is 1.48 bits per heavy atom. The van der Waals surface area contributed by atoms with Crippen LogP contribution in [-0.2, 0) is 9.53 Å². The number of carbonyl (C=O) groups is 1. The molecule has 2 rings (SSSR count). The second kappa shape index (κ2) is 7.19. The average Bonchev–Trinajstić information content (AvgIpc) is 2.88. The van der Waals surface area contributed by atoms with Gasteiger partial charge in [-0.15, -0.1) is 11.3 Å². The zero-order chi connectivity index (χ0) is 15.2. The number of anilines is 2. The second-order valence-corrected chi connectivity index (χ2v) is 5.68. The van der Waals surface area contributed by atoms with E-state index in [2.05, 4.69) is 31.4 Å². The number of ether oxygens (including phenoxy) is 1. The zero-order valence-corrected chi connectivity index (χ0v) is 13.6. The fourth-order valence-electron chi connectivity index (χ4n) is 1.45. The van der Waals surface area contributed by atoms with Gasteiger partial charge in [-0.3, -0.25) is 5.43 Å². The number of rotatable bonds is 5. The summed E-state index contributed by atoms with van der Waals surface area (Å²) in [6.45, 7) is 1.99. The summed E-state index contributed by atoms with van der Waals surface area (Å²) in [6.07, 6.45) is 0. The summed E-state index contributed by atoms with van der Waals surface area (Å²) in [7, 11) is 0. The summed E-state index contributed by atoms with van der Waals surface area (Å²) < 4.78 is 5.94. The number of halogens is 1. The topological polar surface area (TPSA) is 89.6 Å². The average molecular weight is 369 g/mol. The molecule has 6 nitrogen and oxygen atoms in total. The van der Waals surface area contributed by atoms with E-state index in [0.717, 1.165) is 10.2 Å². The Labute approximate surface area is 134 Å². The summed E-state index contributed by atoms with van der Waals surface area (Å²) in [5, 5.41) is 6.12. The van der Waals surface area contributed by atoms with Gasteiger partial charge in [-0.25, -0.2) is 9.78 Å². The number of nitrogens with one attached hydrogen (secondary N) is 1. The molecule has 2 aromatic rings. The molecule has 110 valence electrons. The van der Waals surface area contributed by atoms with Crippen molar-refractivity contribution in [1.82, 2.24) is 4.98 Å². The monoisotopic (exact) mass is 368 g/mol. The van der Waals surface area contributed by atoms with E-state index in [9.17, 15) is 4.79 Å². The largest absolute Gasteiger partial charge is 0.461 e. The fourth-order valence-corrected chi connectivity index (χ4v) is 2.26. The number of esters is 1. The third kappa shape index (κ3) is 4.27. The Morgan fingerprint density at radius 2 is 2.19 bits per heavy atom. The van der Waals surface area contributed by atoms with E-state index < -0.39 is 5.97 Å². The first-order valence-electron chi connectivity index (χ1n) is 6.08. The SMILES string of the molecule is CCOC(=O)/C(=N/Nc1ccc(Br)cc1)c1csc(N)n1. The molecule has 0 aliphatic rings. The van der Waals surface area contributed by atoms with Crippen molar-refractivity contribution in [2.45, 2.75) is 6.92 Å². The van der Waals surface area contributed by atoms with Crippen LogP contribution in [0.15, 0.2) is 39.2 Å². The highest BCUT2D eigenvalue weighted by Crippen LogP contribution is 2.16. The van der Waals surface area contributed by atoms with Crippen molar-refractivity contribution in [2.75, 3.05) is 17.8 Å². The van der Waals surface area contributed by atoms with Gasteiger partial charge in [0.25, 0.3) is 0 Å². The highest BCUT2D eigenvalue weighted by molar-refractivity contribution is 9.10. The molecule has 0 aliphatic heterocycles.